The first kappa shape index (κ1) is 10.8. The molecule has 0 aromatic rings. The van der Waals surface area contributed by atoms with E-state index in [0.717, 1.165) is 23.2 Å². The molecule has 0 atom stereocenters. The molecule has 0 saturated heterocycles. The van der Waals surface area contributed by atoms with Crippen molar-refractivity contribution in [3.8, 4) is 0 Å². The minimum absolute atomic E-state index is 0.420. The molecule has 1 rings (SSSR count). The van der Waals surface area contributed by atoms with Gasteiger partial charge in [0.2, 0.25) is 0 Å². The Morgan fingerprint density at radius 3 is 2.50 bits per heavy atom. The lowest BCUT2D eigenvalue weighted by Crippen LogP contribution is -2.40. The summed E-state index contributed by atoms with van der Waals surface area (Å²) in [5, 5.41) is 12.7. The van der Waals surface area contributed by atoms with Gasteiger partial charge >= 0.3 is 0 Å². The summed E-state index contributed by atoms with van der Waals surface area (Å²) in [5.74, 6) is 0.740. The average molecular weight is 199 g/mol. The maximum absolute atomic E-state index is 10.5. The van der Waals surface area contributed by atoms with Gasteiger partial charge in [-0.1, -0.05) is 6.08 Å². The number of nitrogens with zero attached hydrogens (tertiary/aromatic N) is 3. The molecule has 1 aliphatic carbocycles. The van der Waals surface area contributed by atoms with E-state index < -0.39 is 5.03 Å². The molecule has 1 aliphatic rings. The van der Waals surface area contributed by atoms with Gasteiger partial charge in [0.1, 0.15) is 0 Å². The van der Waals surface area contributed by atoms with Crippen molar-refractivity contribution in [3.05, 3.63) is 21.9 Å². The molecule has 0 bridgehead atoms. The SMILES string of the molecule is C/C=C(/CC1CC1)N(C)N(C)[N+](=O)[O-]. The van der Waals surface area contributed by atoms with Crippen LogP contribution in [0.15, 0.2) is 11.8 Å². The molecule has 80 valence electrons. The van der Waals surface area contributed by atoms with Crippen LogP contribution in [0, 0.1) is 16.0 Å². The topological polar surface area (TPSA) is 49.6 Å². The summed E-state index contributed by atoms with van der Waals surface area (Å²) in [6, 6.07) is 0. The molecular weight excluding hydrogens is 182 g/mol. The zero-order chi connectivity index (χ0) is 10.7. The van der Waals surface area contributed by atoms with E-state index in [4.69, 9.17) is 0 Å². The van der Waals surface area contributed by atoms with E-state index in [0.29, 0.717) is 0 Å². The zero-order valence-corrected chi connectivity index (χ0v) is 8.93. The second-order valence-electron chi connectivity index (χ2n) is 3.68. The highest BCUT2D eigenvalue weighted by atomic mass is 16.7. The molecule has 0 spiro atoms. The molecule has 5 heteroatoms. The van der Waals surface area contributed by atoms with Crippen molar-refractivity contribution in [2.24, 2.45) is 5.92 Å². The first-order valence-electron chi connectivity index (χ1n) is 4.83. The molecule has 1 saturated carbocycles. The van der Waals surface area contributed by atoms with Crippen LogP contribution in [0.1, 0.15) is 26.2 Å². The summed E-state index contributed by atoms with van der Waals surface area (Å²) in [5.41, 5.74) is 1.02. The molecule has 14 heavy (non-hydrogen) atoms. The first-order valence-corrected chi connectivity index (χ1v) is 4.83. The number of hydrazine groups is 2. The first-order chi connectivity index (χ1) is 6.56. The van der Waals surface area contributed by atoms with E-state index in [2.05, 4.69) is 0 Å². The van der Waals surface area contributed by atoms with Gasteiger partial charge in [-0.25, -0.2) is 15.1 Å². The largest absolute Gasteiger partial charge is 0.241 e. The lowest BCUT2D eigenvalue weighted by atomic mass is 10.2. The maximum Gasteiger partial charge on any atom is 0.181 e. The van der Waals surface area contributed by atoms with Gasteiger partial charge in [-0.15, -0.1) is 0 Å². The lowest BCUT2D eigenvalue weighted by molar-refractivity contribution is -0.687. The van der Waals surface area contributed by atoms with Crippen LogP contribution in [-0.4, -0.2) is 29.3 Å². The number of nitro groups is 1. The van der Waals surface area contributed by atoms with Gasteiger partial charge in [0, 0.05) is 12.7 Å². The van der Waals surface area contributed by atoms with Crippen molar-refractivity contribution in [2.75, 3.05) is 14.1 Å². The zero-order valence-electron chi connectivity index (χ0n) is 8.93. The number of hydrogen-bond donors (Lipinski definition) is 0. The van der Waals surface area contributed by atoms with Gasteiger partial charge in [-0.05, 0) is 37.2 Å². The fourth-order valence-electron chi connectivity index (χ4n) is 1.35. The molecule has 0 N–H and O–H groups in total. The normalized spacial score (nSPS) is 16.6. The smallest absolute Gasteiger partial charge is 0.181 e. The molecule has 0 amide bonds. The highest BCUT2D eigenvalue weighted by Gasteiger charge is 2.26. The second kappa shape index (κ2) is 4.30. The highest BCUT2D eigenvalue weighted by Crippen LogP contribution is 2.35. The van der Waals surface area contributed by atoms with Crippen molar-refractivity contribution in [2.45, 2.75) is 26.2 Å². The van der Waals surface area contributed by atoms with Crippen LogP contribution < -0.4 is 0 Å². The van der Waals surface area contributed by atoms with Crippen molar-refractivity contribution in [1.29, 1.82) is 0 Å². The minimum Gasteiger partial charge on any atom is -0.241 e. The molecule has 0 unspecified atom stereocenters. The van der Waals surface area contributed by atoms with Crippen LogP contribution >= 0.6 is 0 Å². The maximum atomic E-state index is 10.5. The highest BCUT2D eigenvalue weighted by molar-refractivity contribution is 5.01. The van der Waals surface area contributed by atoms with Crippen LogP contribution in [0.25, 0.3) is 0 Å². The van der Waals surface area contributed by atoms with E-state index in [9.17, 15) is 10.1 Å². The molecule has 0 aromatic carbocycles. The predicted octanol–water partition coefficient (Wildman–Crippen LogP) is 1.66. The van der Waals surface area contributed by atoms with E-state index in [1.165, 1.54) is 19.9 Å². The summed E-state index contributed by atoms with van der Waals surface area (Å²) in [6.45, 7) is 1.92. The summed E-state index contributed by atoms with van der Waals surface area (Å²) in [4.78, 5) is 10.5. The third-order valence-electron chi connectivity index (χ3n) is 2.61. The van der Waals surface area contributed by atoms with Crippen LogP contribution in [0.2, 0.25) is 0 Å². The van der Waals surface area contributed by atoms with E-state index in [1.54, 1.807) is 12.1 Å². The van der Waals surface area contributed by atoms with Crippen LogP contribution in [0.4, 0.5) is 0 Å². The van der Waals surface area contributed by atoms with Gasteiger partial charge in [0.15, 0.2) is 5.03 Å². The Morgan fingerprint density at radius 2 is 2.14 bits per heavy atom. The average Bonchev–Trinajstić information content (AvgIpc) is 2.95. The Balaban J connectivity index is 2.54. The Morgan fingerprint density at radius 1 is 1.57 bits per heavy atom. The van der Waals surface area contributed by atoms with Crippen molar-refractivity contribution >= 4 is 0 Å². The third-order valence-corrected chi connectivity index (χ3v) is 2.61. The summed E-state index contributed by atoms with van der Waals surface area (Å²) in [6.07, 6.45) is 5.41. The molecule has 5 nitrogen and oxygen atoms in total. The van der Waals surface area contributed by atoms with Gasteiger partial charge in [0.05, 0.1) is 7.05 Å². The second-order valence-corrected chi connectivity index (χ2v) is 3.68. The van der Waals surface area contributed by atoms with Crippen molar-refractivity contribution < 1.29 is 5.03 Å². The number of rotatable bonds is 5. The van der Waals surface area contributed by atoms with E-state index in [1.807, 2.05) is 13.0 Å². The van der Waals surface area contributed by atoms with Gasteiger partial charge in [0.25, 0.3) is 0 Å². The fraction of sp³-hybridized carbons (Fsp3) is 0.778. The molecular formula is C9H17N3O2. The van der Waals surface area contributed by atoms with Crippen LogP contribution in [-0.2, 0) is 0 Å². The predicted molar refractivity (Wildman–Crippen MR) is 53.6 cm³/mol. The van der Waals surface area contributed by atoms with Gasteiger partial charge in [-0.3, -0.25) is 0 Å². The number of allylic oxidation sites excluding steroid dienone is 2. The summed E-state index contributed by atoms with van der Waals surface area (Å²) in [7, 11) is 3.18. The molecule has 1 fully saturated rings. The summed E-state index contributed by atoms with van der Waals surface area (Å²) >= 11 is 0. The van der Waals surface area contributed by atoms with E-state index in [-0.39, 0.29) is 0 Å². The van der Waals surface area contributed by atoms with Gasteiger partial charge < -0.3 is 0 Å². The van der Waals surface area contributed by atoms with Crippen LogP contribution in [0.3, 0.4) is 0 Å². The van der Waals surface area contributed by atoms with E-state index >= 15 is 0 Å². The molecule has 0 aromatic heterocycles. The Labute approximate surface area is 84.1 Å². The lowest BCUT2D eigenvalue weighted by Gasteiger charge is -2.25. The minimum atomic E-state index is -0.420. The molecule has 0 heterocycles. The Kier molecular flexibility index (Phi) is 3.33. The van der Waals surface area contributed by atoms with Crippen molar-refractivity contribution in [1.82, 2.24) is 10.1 Å². The molecule has 0 radical (unpaired) electrons. The van der Waals surface area contributed by atoms with Crippen molar-refractivity contribution in [3.63, 3.8) is 0 Å². The Hall–Kier alpha value is -1.26. The quantitative estimate of drug-likeness (QED) is 0.499. The van der Waals surface area contributed by atoms with Gasteiger partial charge in [-0.2, -0.15) is 0 Å². The third kappa shape index (κ3) is 2.61. The van der Waals surface area contributed by atoms with Crippen LogP contribution in [0.5, 0.6) is 0 Å². The Bertz CT molecular complexity index is 248. The number of hydrogen-bond acceptors (Lipinski definition) is 3. The molecule has 0 aliphatic heterocycles. The standard InChI is InChI=1S/C9H17N3O2/c1-4-9(7-8-5-6-8)10(2)11(3)12(13)14/h4,8H,5-7H2,1-3H3/b9-4-. The summed E-state index contributed by atoms with van der Waals surface area (Å²) < 4.78 is 0. The fourth-order valence-corrected chi connectivity index (χ4v) is 1.35. The monoisotopic (exact) mass is 199 g/mol.